The summed E-state index contributed by atoms with van der Waals surface area (Å²) in [5.41, 5.74) is -1.27. The highest BCUT2D eigenvalue weighted by Gasteiger charge is 2.42. The number of H-pyrrole nitrogens is 1. The van der Waals surface area contributed by atoms with Gasteiger partial charge in [0.25, 0.3) is 11.5 Å². The van der Waals surface area contributed by atoms with Gasteiger partial charge >= 0.3 is 11.7 Å². The van der Waals surface area contributed by atoms with Crippen LogP contribution < -0.4 is 11.2 Å². The van der Waals surface area contributed by atoms with E-state index in [0.29, 0.717) is 29.4 Å². The van der Waals surface area contributed by atoms with E-state index in [1.165, 1.54) is 23.1 Å². The van der Waals surface area contributed by atoms with Crippen LogP contribution in [0.5, 0.6) is 0 Å². The molecule has 1 saturated heterocycles. The van der Waals surface area contributed by atoms with Gasteiger partial charge in [-0.05, 0) is 38.5 Å². The SMILES string of the molecule is CCn1c(=O)[nH]c2cc(C(=O)N3CCC(C)(C(=O)O)C3)ccc2c1=O. The van der Waals surface area contributed by atoms with E-state index in [0.717, 1.165) is 4.57 Å². The molecule has 0 bridgehead atoms. The topological polar surface area (TPSA) is 112 Å². The zero-order valence-corrected chi connectivity index (χ0v) is 14.0. The zero-order chi connectivity index (χ0) is 18.4. The number of rotatable bonds is 3. The average molecular weight is 345 g/mol. The fraction of sp³-hybridized carbons (Fsp3) is 0.412. The number of amides is 1. The second-order valence-corrected chi connectivity index (χ2v) is 6.58. The van der Waals surface area contributed by atoms with E-state index in [4.69, 9.17) is 0 Å². The van der Waals surface area contributed by atoms with Gasteiger partial charge in [-0.1, -0.05) is 0 Å². The highest BCUT2D eigenvalue weighted by atomic mass is 16.4. The van der Waals surface area contributed by atoms with Crippen LogP contribution in [0.1, 0.15) is 30.6 Å². The number of benzene rings is 1. The normalized spacial score (nSPS) is 20.2. The molecule has 25 heavy (non-hydrogen) atoms. The smallest absolute Gasteiger partial charge is 0.328 e. The largest absolute Gasteiger partial charge is 0.481 e. The Morgan fingerprint density at radius 1 is 1.32 bits per heavy atom. The maximum atomic E-state index is 12.7. The molecule has 0 aliphatic carbocycles. The van der Waals surface area contributed by atoms with Gasteiger partial charge in [-0.15, -0.1) is 0 Å². The molecular formula is C17H19N3O5. The number of carbonyl (C=O) groups is 2. The molecule has 8 heteroatoms. The molecule has 0 saturated carbocycles. The summed E-state index contributed by atoms with van der Waals surface area (Å²) >= 11 is 0. The minimum absolute atomic E-state index is 0.132. The number of hydrogen-bond acceptors (Lipinski definition) is 4. The lowest BCUT2D eigenvalue weighted by molar-refractivity contribution is -0.147. The van der Waals surface area contributed by atoms with Gasteiger partial charge in [-0.25, -0.2) is 4.79 Å². The standard InChI is InChI=1S/C17H19N3O5/c1-3-20-14(22)11-5-4-10(8-12(11)18-16(20)25)13(21)19-7-6-17(2,9-19)15(23)24/h4-5,8H,3,6-7,9H2,1-2H3,(H,18,25)(H,23,24). The third kappa shape index (κ3) is 2.73. The van der Waals surface area contributed by atoms with Gasteiger partial charge in [-0.2, -0.15) is 0 Å². The number of likely N-dealkylation sites (tertiary alicyclic amines) is 1. The van der Waals surface area contributed by atoms with Crippen molar-refractivity contribution in [2.45, 2.75) is 26.8 Å². The number of carbonyl (C=O) groups excluding carboxylic acids is 1. The van der Waals surface area contributed by atoms with E-state index in [2.05, 4.69) is 4.98 Å². The van der Waals surface area contributed by atoms with Gasteiger partial charge in [0.2, 0.25) is 0 Å². The lowest BCUT2D eigenvalue weighted by Crippen LogP contribution is -2.35. The van der Waals surface area contributed by atoms with Crippen molar-refractivity contribution in [3.05, 3.63) is 44.6 Å². The first-order valence-electron chi connectivity index (χ1n) is 8.06. The molecule has 132 valence electrons. The monoisotopic (exact) mass is 345 g/mol. The highest BCUT2D eigenvalue weighted by Crippen LogP contribution is 2.31. The summed E-state index contributed by atoms with van der Waals surface area (Å²) in [6.45, 7) is 4.06. The Labute approximate surface area is 142 Å². The van der Waals surface area contributed by atoms with Crippen LogP contribution in [-0.2, 0) is 11.3 Å². The molecule has 3 rings (SSSR count). The minimum atomic E-state index is -0.949. The molecule has 1 fully saturated rings. The van der Waals surface area contributed by atoms with E-state index in [1.54, 1.807) is 13.8 Å². The number of nitrogens with zero attached hydrogens (tertiary/aromatic N) is 2. The molecule has 8 nitrogen and oxygen atoms in total. The summed E-state index contributed by atoms with van der Waals surface area (Å²) in [5, 5.41) is 9.61. The Kier molecular flexibility index (Phi) is 3.98. The van der Waals surface area contributed by atoms with E-state index in [-0.39, 0.29) is 19.0 Å². The Bertz CT molecular complexity index is 990. The van der Waals surface area contributed by atoms with E-state index in [1.807, 2.05) is 0 Å². The van der Waals surface area contributed by atoms with E-state index in [9.17, 15) is 24.3 Å². The van der Waals surface area contributed by atoms with Gasteiger partial charge in [0.1, 0.15) is 0 Å². The van der Waals surface area contributed by atoms with Crippen LogP contribution in [-0.4, -0.2) is 44.5 Å². The molecule has 0 spiro atoms. The molecule has 0 radical (unpaired) electrons. The molecular weight excluding hydrogens is 326 g/mol. The van der Waals surface area contributed by atoms with Crippen LogP contribution >= 0.6 is 0 Å². The van der Waals surface area contributed by atoms with Crippen LogP contribution in [0, 0.1) is 5.41 Å². The van der Waals surface area contributed by atoms with Gasteiger partial charge in [-0.3, -0.25) is 19.0 Å². The number of aliphatic carboxylic acids is 1. The number of carboxylic acids is 1. The Balaban J connectivity index is 1.98. The fourth-order valence-electron chi connectivity index (χ4n) is 3.17. The molecule has 1 atom stereocenters. The first-order valence-corrected chi connectivity index (χ1v) is 8.06. The summed E-state index contributed by atoms with van der Waals surface area (Å²) in [7, 11) is 0. The lowest BCUT2D eigenvalue weighted by atomic mass is 9.90. The second-order valence-electron chi connectivity index (χ2n) is 6.58. The lowest BCUT2D eigenvalue weighted by Gasteiger charge is -2.20. The Morgan fingerprint density at radius 2 is 2.04 bits per heavy atom. The predicted octanol–water partition coefficient (Wildman–Crippen LogP) is 0.646. The number of fused-ring (bicyclic) bond motifs is 1. The average Bonchev–Trinajstić information content (AvgIpc) is 2.98. The highest BCUT2D eigenvalue weighted by molar-refractivity contribution is 5.98. The van der Waals surface area contributed by atoms with Crippen LogP contribution in [0.3, 0.4) is 0 Å². The molecule has 2 aromatic rings. The Morgan fingerprint density at radius 3 is 2.64 bits per heavy atom. The van der Waals surface area contributed by atoms with Gasteiger partial charge in [0.05, 0.1) is 16.3 Å². The second kappa shape index (κ2) is 5.87. The summed E-state index contributed by atoms with van der Waals surface area (Å²) in [4.78, 5) is 52.3. The zero-order valence-electron chi connectivity index (χ0n) is 14.0. The number of aromatic nitrogens is 2. The number of nitrogens with one attached hydrogen (secondary N) is 1. The quantitative estimate of drug-likeness (QED) is 0.848. The van der Waals surface area contributed by atoms with Crippen LogP contribution in [0.2, 0.25) is 0 Å². The first kappa shape index (κ1) is 16.9. The molecule has 1 aliphatic rings. The fourth-order valence-corrected chi connectivity index (χ4v) is 3.17. The van der Waals surface area contributed by atoms with Gasteiger partial charge in [0.15, 0.2) is 0 Å². The summed E-state index contributed by atoms with van der Waals surface area (Å²) in [5.74, 6) is -1.24. The van der Waals surface area contributed by atoms with Crippen molar-refractivity contribution in [1.29, 1.82) is 0 Å². The number of aromatic amines is 1. The van der Waals surface area contributed by atoms with Crippen molar-refractivity contribution < 1.29 is 14.7 Å². The van der Waals surface area contributed by atoms with Crippen molar-refractivity contribution in [3.8, 4) is 0 Å². The third-order valence-corrected chi connectivity index (χ3v) is 4.82. The van der Waals surface area contributed by atoms with Crippen molar-refractivity contribution >= 4 is 22.8 Å². The molecule has 1 aliphatic heterocycles. The summed E-state index contributed by atoms with van der Waals surface area (Å²) in [6, 6.07) is 4.51. The molecule has 2 N–H and O–H groups in total. The molecule has 1 aromatic heterocycles. The maximum Gasteiger partial charge on any atom is 0.328 e. The molecule has 2 heterocycles. The van der Waals surface area contributed by atoms with Gasteiger partial charge in [0, 0.05) is 25.2 Å². The van der Waals surface area contributed by atoms with Gasteiger partial charge < -0.3 is 15.0 Å². The first-order chi connectivity index (χ1) is 11.8. The third-order valence-electron chi connectivity index (χ3n) is 4.82. The maximum absolute atomic E-state index is 12.7. The van der Waals surface area contributed by atoms with Crippen molar-refractivity contribution in [3.63, 3.8) is 0 Å². The Hall–Kier alpha value is -2.90. The molecule has 1 unspecified atom stereocenters. The van der Waals surface area contributed by atoms with Crippen LogP contribution in [0.25, 0.3) is 10.9 Å². The van der Waals surface area contributed by atoms with Crippen molar-refractivity contribution in [1.82, 2.24) is 14.5 Å². The van der Waals surface area contributed by atoms with Crippen LogP contribution in [0.15, 0.2) is 27.8 Å². The molecule has 1 aromatic carbocycles. The van der Waals surface area contributed by atoms with Crippen molar-refractivity contribution in [2.75, 3.05) is 13.1 Å². The summed E-state index contributed by atoms with van der Waals surface area (Å²) < 4.78 is 1.09. The summed E-state index contributed by atoms with van der Waals surface area (Å²) in [6.07, 6.45) is 0.389. The number of carboxylic acid groups (broad SMARTS) is 1. The van der Waals surface area contributed by atoms with E-state index >= 15 is 0 Å². The van der Waals surface area contributed by atoms with Crippen molar-refractivity contribution in [2.24, 2.45) is 5.41 Å². The molecule has 1 amide bonds. The minimum Gasteiger partial charge on any atom is -0.481 e. The predicted molar refractivity (Wildman–Crippen MR) is 90.8 cm³/mol. The van der Waals surface area contributed by atoms with E-state index < -0.39 is 22.6 Å². The number of hydrogen-bond donors (Lipinski definition) is 2. The van der Waals surface area contributed by atoms with Crippen LogP contribution in [0.4, 0.5) is 0 Å².